The maximum Gasteiger partial charge on any atom is 0.0691 e. The molecule has 0 unspecified atom stereocenters. The Morgan fingerprint density at radius 2 is 1.57 bits per heavy atom. The van der Waals surface area contributed by atoms with E-state index in [0.717, 1.165) is 33.0 Å². The predicted molar refractivity (Wildman–Crippen MR) is 124 cm³/mol. The number of nitrogens with zero attached hydrogens (tertiary/aromatic N) is 1. The highest BCUT2D eigenvalue weighted by Gasteiger charge is 2.19. The van der Waals surface area contributed by atoms with Crippen LogP contribution in [0.2, 0.25) is 0 Å². The Balaban J connectivity index is 1.88. The van der Waals surface area contributed by atoms with Crippen molar-refractivity contribution in [3.63, 3.8) is 0 Å². The van der Waals surface area contributed by atoms with Gasteiger partial charge < -0.3 is 10.2 Å². The van der Waals surface area contributed by atoms with Gasteiger partial charge in [-0.15, -0.1) is 0 Å². The van der Waals surface area contributed by atoms with E-state index in [9.17, 15) is 10.2 Å². The fourth-order valence-electron chi connectivity index (χ4n) is 5.00. The summed E-state index contributed by atoms with van der Waals surface area (Å²) in [7, 11) is 0. The second-order valence-electron chi connectivity index (χ2n) is 8.87. The molecule has 1 aromatic heterocycles. The van der Waals surface area contributed by atoms with Crippen LogP contribution in [0.25, 0.3) is 21.9 Å². The number of benzene rings is 2. The second-order valence-corrected chi connectivity index (χ2v) is 8.87. The Morgan fingerprint density at radius 1 is 0.867 bits per heavy atom. The zero-order valence-electron chi connectivity index (χ0n) is 18.2. The van der Waals surface area contributed by atoms with Crippen LogP contribution in [0.5, 0.6) is 0 Å². The topological polar surface area (TPSA) is 53.4 Å². The van der Waals surface area contributed by atoms with E-state index in [4.69, 9.17) is 4.98 Å². The fraction of sp³-hybridized carbons (Fsp3) is 0.444. The minimum absolute atomic E-state index is 0.0771. The molecule has 3 heteroatoms. The van der Waals surface area contributed by atoms with Crippen LogP contribution < -0.4 is 0 Å². The molecule has 1 saturated carbocycles. The van der Waals surface area contributed by atoms with Gasteiger partial charge in [0.2, 0.25) is 0 Å². The number of hydrogen-bond acceptors (Lipinski definition) is 3. The van der Waals surface area contributed by atoms with Crippen molar-refractivity contribution in [3.8, 4) is 11.1 Å². The number of aliphatic hydroxyl groups is 2. The van der Waals surface area contributed by atoms with Crippen molar-refractivity contribution >= 4 is 10.8 Å². The van der Waals surface area contributed by atoms with Crippen molar-refractivity contribution in [1.29, 1.82) is 0 Å². The summed E-state index contributed by atoms with van der Waals surface area (Å²) < 4.78 is 0. The summed E-state index contributed by atoms with van der Waals surface area (Å²) in [6.45, 7) is 4.08. The fourth-order valence-corrected chi connectivity index (χ4v) is 5.00. The highest BCUT2D eigenvalue weighted by Crippen LogP contribution is 2.38. The van der Waals surface area contributed by atoms with E-state index in [1.807, 2.05) is 12.3 Å². The molecule has 30 heavy (non-hydrogen) atoms. The summed E-state index contributed by atoms with van der Waals surface area (Å²) in [6.07, 6.45) is 10.9. The first kappa shape index (κ1) is 21.0. The van der Waals surface area contributed by atoms with E-state index in [1.54, 1.807) is 0 Å². The largest absolute Gasteiger partial charge is 0.392 e. The number of aryl methyl sites for hydroxylation is 2. The van der Waals surface area contributed by atoms with Gasteiger partial charge in [-0.2, -0.15) is 0 Å². The van der Waals surface area contributed by atoms with E-state index in [2.05, 4.69) is 38.1 Å². The summed E-state index contributed by atoms with van der Waals surface area (Å²) in [5.74, 6) is 0.513. The summed E-state index contributed by atoms with van der Waals surface area (Å²) in [6, 6.07) is 10.7. The minimum atomic E-state index is -0.0881. The average molecular weight is 404 g/mol. The lowest BCUT2D eigenvalue weighted by Gasteiger charge is -2.21. The lowest BCUT2D eigenvalue weighted by molar-refractivity contribution is 0.260. The van der Waals surface area contributed by atoms with Gasteiger partial charge in [0.25, 0.3) is 0 Å². The van der Waals surface area contributed by atoms with Crippen molar-refractivity contribution in [3.05, 3.63) is 64.5 Å². The molecule has 1 heterocycles. The highest BCUT2D eigenvalue weighted by atomic mass is 16.3. The van der Waals surface area contributed by atoms with Gasteiger partial charge in [-0.3, -0.25) is 4.98 Å². The third-order valence-corrected chi connectivity index (χ3v) is 6.88. The molecule has 0 spiro atoms. The van der Waals surface area contributed by atoms with Gasteiger partial charge in [0, 0.05) is 17.8 Å². The van der Waals surface area contributed by atoms with Gasteiger partial charge in [-0.05, 0) is 89.0 Å². The zero-order chi connectivity index (χ0) is 21.1. The van der Waals surface area contributed by atoms with E-state index in [0.29, 0.717) is 5.92 Å². The number of pyridine rings is 1. The minimum Gasteiger partial charge on any atom is -0.392 e. The quantitative estimate of drug-likeness (QED) is 0.535. The number of aromatic nitrogens is 1. The van der Waals surface area contributed by atoms with Crippen molar-refractivity contribution in [2.24, 2.45) is 0 Å². The van der Waals surface area contributed by atoms with E-state index >= 15 is 0 Å². The highest BCUT2D eigenvalue weighted by molar-refractivity contribution is 6.00. The van der Waals surface area contributed by atoms with Gasteiger partial charge >= 0.3 is 0 Å². The smallest absolute Gasteiger partial charge is 0.0691 e. The van der Waals surface area contributed by atoms with Crippen LogP contribution in [0.4, 0.5) is 0 Å². The second kappa shape index (κ2) is 9.28. The number of aliphatic hydroxyl groups excluding tert-OH is 2. The first-order valence-corrected chi connectivity index (χ1v) is 11.4. The molecule has 1 fully saturated rings. The van der Waals surface area contributed by atoms with Gasteiger partial charge in [0.15, 0.2) is 0 Å². The molecule has 0 aliphatic heterocycles. The summed E-state index contributed by atoms with van der Waals surface area (Å²) in [4.78, 5) is 4.76. The first-order chi connectivity index (χ1) is 14.6. The van der Waals surface area contributed by atoms with Crippen LogP contribution >= 0.6 is 0 Å². The van der Waals surface area contributed by atoms with E-state index in [-0.39, 0.29) is 13.2 Å². The molecule has 3 aromatic rings. The van der Waals surface area contributed by atoms with Crippen molar-refractivity contribution in [2.75, 3.05) is 0 Å². The summed E-state index contributed by atoms with van der Waals surface area (Å²) in [5, 5.41) is 22.5. The molecule has 0 radical (unpaired) electrons. The van der Waals surface area contributed by atoms with Crippen molar-refractivity contribution in [2.45, 2.75) is 77.9 Å². The number of rotatable bonds is 4. The molecule has 0 saturated heterocycles. The van der Waals surface area contributed by atoms with Crippen LogP contribution in [0.15, 0.2) is 36.5 Å². The molecule has 1 aliphatic rings. The standard InChI is InChI=1S/C27H33NO2/c1-18-12-22-14-23(16-29)25(17-30)27(24(22)13-19(18)2)21-10-11-28-26(15-21)20-8-6-4-3-5-7-9-20/h10-15,20,29-30H,3-9,16-17H2,1-2H3. The summed E-state index contributed by atoms with van der Waals surface area (Å²) in [5.41, 5.74) is 7.39. The predicted octanol–water partition coefficient (Wildman–Crippen LogP) is 6.33. The summed E-state index contributed by atoms with van der Waals surface area (Å²) >= 11 is 0. The molecular weight excluding hydrogens is 370 g/mol. The van der Waals surface area contributed by atoms with Crippen LogP contribution in [0, 0.1) is 13.8 Å². The van der Waals surface area contributed by atoms with Gasteiger partial charge in [-0.1, -0.05) is 44.2 Å². The Hall–Kier alpha value is -2.23. The van der Waals surface area contributed by atoms with Gasteiger partial charge in [0.05, 0.1) is 13.2 Å². The molecule has 4 rings (SSSR count). The monoisotopic (exact) mass is 403 g/mol. The van der Waals surface area contributed by atoms with Crippen LogP contribution in [-0.2, 0) is 13.2 Å². The molecule has 158 valence electrons. The average Bonchev–Trinajstić information content (AvgIpc) is 2.73. The van der Waals surface area contributed by atoms with Gasteiger partial charge in [0.1, 0.15) is 0 Å². The Kier molecular flexibility index (Phi) is 6.50. The molecule has 2 N–H and O–H groups in total. The third-order valence-electron chi connectivity index (χ3n) is 6.88. The van der Waals surface area contributed by atoms with E-state index in [1.165, 1.54) is 61.8 Å². The first-order valence-electron chi connectivity index (χ1n) is 11.4. The number of fused-ring (bicyclic) bond motifs is 1. The Bertz CT molecular complexity index is 1030. The maximum atomic E-state index is 10.2. The van der Waals surface area contributed by atoms with Gasteiger partial charge in [-0.25, -0.2) is 0 Å². The maximum absolute atomic E-state index is 10.2. The zero-order valence-corrected chi connectivity index (χ0v) is 18.2. The lowest BCUT2D eigenvalue weighted by Crippen LogP contribution is -2.05. The van der Waals surface area contributed by atoms with Crippen LogP contribution in [0.1, 0.15) is 78.8 Å². The van der Waals surface area contributed by atoms with Crippen LogP contribution in [0.3, 0.4) is 0 Å². The SMILES string of the molecule is Cc1cc2cc(CO)c(CO)c(-c3ccnc(C4CCCCCCC4)c3)c2cc1C. The molecule has 0 amide bonds. The molecule has 0 atom stereocenters. The lowest BCUT2D eigenvalue weighted by atomic mass is 9.85. The normalized spacial score (nSPS) is 15.9. The Morgan fingerprint density at radius 3 is 2.27 bits per heavy atom. The molecule has 2 aromatic carbocycles. The van der Waals surface area contributed by atoms with Crippen molar-refractivity contribution < 1.29 is 10.2 Å². The van der Waals surface area contributed by atoms with E-state index < -0.39 is 0 Å². The van der Waals surface area contributed by atoms with Crippen molar-refractivity contribution in [1.82, 2.24) is 4.98 Å². The molecular formula is C27H33NO2. The molecule has 1 aliphatic carbocycles. The van der Waals surface area contributed by atoms with Crippen LogP contribution in [-0.4, -0.2) is 15.2 Å². The molecule has 3 nitrogen and oxygen atoms in total. The molecule has 0 bridgehead atoms. The third kappa shape index (κ3) is 4.14. The Labute approximate surface area is 179 Å². The number of hydrogen-bond donors (Lipinski definition) is 2.